The van der Waals surface area contributed by atoms with Crippen LogP contribution in [-0.2, 0) is 30.7 Å². The van der Waals surface area contributed by atoms with E-state index in [-0.39, 0.29) is 12.4 Å². The molecule has 0 amide bonds. The van der Waals surface area contributed by atoms with E-state index >= 15 is 0 Å². The highest BCUT2D eigenvalue weighted by Gasteiger charge is 2.07. The lowest BCUT2D eigenvalue weighted by atomic mass is 10.1. The Bertz CT molecular complexity index is 1200. The third kappa shape index (κ3) is 10.3. The van der Waals surface area contributed by atoms with E-state index in [4.69, 9.17) is 21.1 Å². The number of likely N-dealkylation sites (N-methyl/N-ethyl adjacent to an activating group) is 1. The smallest absolute Gasteiger partial charge is 0.133 e. The van der Waals surface area contributed by atoms with Crippen molar-refractivity contribution in [2.24, 2.45) is 11.6 Å². The minimum absolute atomic E-state index is 0.208. The zero-order valence-corrected chi connectivity index (χ0v) is 24.9. The van der Waals surface area contributed by atoms with Crippen LogP contribution in [0.25, 0.3) is 0 Å². The fourth-order valence-electron chi connectivity index (χ4n) is 3.47. The number of hydrazine groups is 1. The van der Waals surface area contributed by atoms with E-state index in [1.54, 1.807) is 16.9 Å². The fraction of sp³-hybridized carbons (Fsp3) is 0.385. The molecule has 12 heteroatoms. The second-order valence-corrected chi connectivity index (χ2v) is 10.8. The maximum absolute atomic E-state index is 9.59. The predicted octanol–water partition coefficient (Wildman–Crippen LogP) is 3.43. The van der Waals surface area contributed by atoms with E-state index in [1.807, 2.05) is 38.5 Å². The summed E-state index contributed by atoms with van der Waals surface area (Å²) in [6.45, 7) is 3.28. The minimum Gasteiger partial charge on any atom is -0.507 e. The van der Waals surface area contributed by atoms with Gasteiger partial charge in [-0.2, -0.15) is 0 Å². The van der Waals surface area contributed by atoms with Crippen molar-refractivity contribution in [3.05, 3.63) is 80.3 Å². The number of aryl methyl sites for hydroxylation is 2. The van der Waals surface area contributed by atoms with E-state index in [1.165, 1.54) is 10.6 Å². The van der Waals surface area contributed by atoms with Crippen LogP contribution in [0.1, 0.15) is 16.8 Å². The van der Waals surface area contributed by atoms with Gasteiger partial charge in [-0.1, -0.05) is 17.3 Å². The highest BCUT2D eigenvalue weighted by molar-refractivity contribution is 9.10. The lowest BCUT2D eigenvalue weighted by molar-refractivity contribution is 0.137. The maximum atomic E-state index is 9.59. The molecule has 0 atom stereocenters. The Kier molecular flexibility index (Phi) is 11.9. The van der Waals surface area contributed by atoms with Crippen molar-refractivity contribution in [1.82, 2.24) is 24.9 Å². The van der Waals surface area contributed by atoms with E-state index < -0.39 is 0 Å². The first kappa shape index (κ1) is 29.9. The van der Waals surface area contributed by atoms with Crippen molar-refractivity contribution in [1.29, 1.82) is 0 Å². The van der Waals surface area contributed by atoms with Crippen molar-refractivity contribution in [3.8, 4) is 11.5 Å². The molecule has 0 aliphatic heterocycles. The van der Waals surface area contributed by atoms with Gasteiger partial charge in [-0.05, 0) is 94.2 Å². The van der Waals surface area contributed by atoms with Gasteiger partial charge in [0.25, 0.3) is 0 Å². The van der Waals surface area contributed by atoms with E-state index in [0.717, 1.165) is 34.4 Å². The number of nitrogens with two attached hydrogens (primary N) is 2. The Hall–Kier alpha value is -2.64. The molecular weight excluding hydrogens is 618 g/mol. The molecule has 38 heavy (non-hydrogen) atoms. The van der Waals surface area contributed by atoms with Crippen LogP contribution in [0.2, 0.25) is 0 Å². The summed E-state index contributed by atoms with van der Waals surface area (Å²) in [6.07, 6.45) is 5.04. The van der Waals surface area contributed by atoms with Crippen molar-refractivity contribution in [2.45, 2.75) is 26.0 Å². The first-order valence-corrected chi connectivity index (χ1v) is 13.8. The molecule has 10 nitrogen and oxygen atoms in total. The van der Waals surface area contributed by atoms with Crippen LogP contribution in [0.15, 0.2) is 63.4 Å². The number of phenols is 1. The van der Waals surface area contributed by atoms with Gasteiger partial charge in [0.1, 0.15) is 23.8 Å². The van der Waals surface area contributed by atoms with Crippen LogP contribution < -0.4 is 16.3 Å². The maximum Gasteiger partial charge on any atom is 0.133 e. The molecule has 0 fully saturated rings. The monoisotopic (exact) mass is 651 g/mol. The predicted molar refractivity (Wildman–Crippen MR) is 154 cm³/mol. The van der Waals surface area contributed by atoms with E-state index in [2.05, 4.69) is 59.2 Å². The van der Waals surface area contributed by atoms with Gasteiger partial charge in [0.05, 0.1) is 34.1 Å². The summed E-state index contributed by atoms with van der Waals surface area (Å²) < 4.78 is 14.9. The van der Waals surface area contributed by atoms with Crippen LogP contribution in [0.5, 0.6) is 11.5 Å². The molecule has 0 unspecified atom stereocenters. The number of ether oxygens (including phenoxy) is 2. The molecule has 0 radical (unpaired) electrons. The highest BCUT2D eigenvalue weighted by Crippen LogP contribution is 2.26. The molecule has 5 N–H and O–H groups in total. The first-order chi connectivity index (χ1) is 18.2. The zero-order chi connectivity index (χ0) is 27.5. The van der Waals surface area contributed by atoms with Gasteiger partial charge in [-0.3, -0.25) is 4.68 Å². The molecule has 2 aromatic carbocycles. The minimum atomic E-state index is 0.208. The third-order valence-corrected chi connectivity index (χ3v) is 6.78. The molecule has 1 heterocycles. The van der Waals surface area contributed by atoms with Gasteiger partial charge in [0.2, 0.25) is 0 Å². The van der Waals surface area contributed by atoms with Crippen molar-refractivity contribution in [3.63, 3.8) is 0 Å². The van der Waals surface area contributed by atoms with Crippen LogP contribution in [0.4, 0.5) is 0 Å². The summed E-state index contributed by atoms with van der Waals surface area (Å²) in [4.78, 5) is 2.08. The lowest BCUT2D eigenvalue weighted by Crippen LogP contribution is -2.29. The van der Waals surface area contributed by atoms with Gasteiger partial charge in [-0.25, -0.2) is 5.84 Å². The first-order valence-electron chi connectivity index (χ1n) is 12.2. The summed E-state index contributed by atoms with van der Waals surface area (Å²) in [5.74, 6) is 7.08. The van der Waals surface area contributed by atoms with Gasteiger partial charge in [0, 0.05) is 25.8 Å². The number of rotatable bonds is 15. The second kappa shape index (κ2) is 15.1. The number of aromatic nitrogens is 3. The van der Waals surface area contributed by atoms with Crippen molar-refractivity contribution in [2.75, 3.05) is 40.4 Å². The highest BCUT2D eigenvalue weighted by atomic mass is 79.9. The molecular formula is C26H35Br2N7O3. The summed E-state index contributed by atoms with van der Waals surface area (Å²) in [5, 5.41) is 19.5. The quantitative estimate of drug-likeness (QED) is 0.167. The normalized spacial score (nSPS) is 11.8. The number of hydrogen-bond acceptors (Lipinski definition) is 9. The van der Waals surface area contributed by atoms with Crippen LogP contribution >= 0.6 is 31.9 Å². The zero-order valence-electron chi connectivity index (χ0n) is 21.7. The summed E-state index contributed by atoms with van der Waals surface area (Å²) in [7, 11) is 4.04. The molecule has 0 bridgehead atoms. The lowest BCUT2D eigenvalue weighted by Gasteiger charge is -2.15. The molecule has 3 rings (SSSR count). The standard InChI is InChI=1S/C26H35Br2N7O3/c1-33(2)11-12-38-26-6-4-20(14-24(26)28)8-10-35-16-22(31-32-35)18-37-17-21(29)15-34(30)9-7-19-3-5-25(36)23(27)13-19/h3-6,13-16,36H,7-12,17-18,29-30H2,1-2H3/b21-15-. The Morgan fingerprint density at radius 1 is 1.08 bits per heavy atom. The number of benzene rings is 2. The molecule has 206 valence electrons. The van der Waals surface area contributed by atoms with Crippen molar-refractivity contribution >= 4 is 31.9 Å². The largest absolute Gasteiger partial charge is 0.507 e. The summed E-state index contributed by atoms with van der Waals surface area (Å²) >= 11 is 6.91. The molecule has 0 aliphatic rings. The van der Waals surface area contributed by atoms with Crippen molar-refractivity contribution < 1.29 is 14.6 Å². The van der Waals surface area contributed by atoms with E-state index in [0.29, 0.717) is 42.9 Å². The molecule has 0 saturated carbocycles. The van der Waals surface area contributed by atoms with Gasteiger partial charge < -0.3 is 30.2 Å². The third-order valence-electron chi connectivity index (χ3n) is 5.53. The number of phenolic OH excluding ortho intramolecular Hbond substituents is 1. The fourth-order valence-corrected chi connectivity index (χ4v) is 4.43. The molecule has 1 aromatic heterocycles. The Balaban J connectivity index is 1.37. The van der Waals surface area contributed by atoms with Gasteiger partial charge in [0.15, 0.2) is 0 Å². The molecule has 0 aliphatic carbocycles. The number of halogens is 2. The topological polar surface area (TPSA) is 128 Å². The Morgan fingerprint density at radius 2 is 1.82 bits per heavy atom. The average molecular weight is 653 g/mol. The van der Waals surface area contributed by atoms with Gasteiger partial charge in [-0.15, -0.1) is 5.10 Å². The summed E-state index contributed by atoms with van der Waals surface area (Å²) in [5.41, 5.74) is 9.50. The summed E-state index contributed by atoms with van der Waals surface area (Å²) in [6, 6.07) is 11.5. The second-order valence-electron chi connectivity index (χ2n) is 9.11. The van der Waals surface area contributed by atoms with Crippen LogP contribution in [-0.4, -0.2) is 70.4 Å². The van der Waals surface area contributed by atoms with E-state index in [9.17, 15) is 5.11 Å². The van der Waals surface area contributed by atoms with Gasteiger partial charge >= 0.3 is 0 Å². The molecule has 3 aromatic rings. The van der Waals surface area contributed by atoms with Crippen LogP contribution in [0.3, 0.4) is 0 Å². The SMILES string of the molecule is CN(C)CCOc1ccc(CCn2cc(COC/C(N)=C/N(N)CCc3ccc(O)c(Br)c3)nn2)cc1Br. The molecule has 0 saturated heterocycles. The number of nitrogens with zero attached hydrogens (tertiary/aromatic N) is 5. The number of aromatic hydroxyl groups is 1. The molecule has 0 spiro atoms. The van der Waals surface area contributed by atoms with Crippen LogP contribution in [0, 0.1) is 0 Å². The Labute approximate surface area is 240 Å². The Morgan fingerprint density at radius 3 is 2.55 bits per heavy atom. The average Bonchev–Trinajstić information content (AvgIpc) is 3.32. The number of hydrogen-bond donors (Lipinski definition) is 3.